The molecule has 2 rings (SSSR count). The normalized spacial score (nSPS) is 11.8. The van der Waals surface area contributed by atoms with Crippen molar-refractivity contribution in [2.24, 2.45) is 7.05 Å². The zero-order chi connectivity index (χ0) is 14.8. The summed E-state index contributed by atoms with van der Waals surface area (Å²) in [4.78, 5) is 2.10. The van der Waals surface area contributed by atoms with E-state index in [9.17, 15) is 4.39 Å². The summed E-state index contributed by atoms with van der Waals surface area (Å²) in [7, 11) is 1.89. The second-order valence-corrected chi connectivity index (χ2v) is 6.92. The Bertz CT molecular complexity index is 587. The van der Waals surface area contributed by atoms with E-state index in [0.717, 1.165) is 15.4 Å². The van der Waals surface area contributed by atoms with E-state index in [-0.39, 0.29) is 11.4 Å². The Labute approximate surface area is 123 Å². The minimum atomic E-state index is -0.203. The van der Waals surface area contributed by atoms with Gasteiger partial charge in [0.15, 0.2) is 0 Å². The van der Waals surface area contributed by atoms with Crippen LogP contribution < -0.4 is 5.32 Å². The molecule has 0 aliphatic rings. The first kappa shape index (κ1) is 15.1. The molecule has 0 saturated heterocycles. The molecule has 1 aromatic carbocycles. The number of hydrogen-bond acceptors (Lipinski definition) is 3. The van der Waals surface area contributed by atoms with Crippen molar-refractivity contribution in [3.05, 3.63) is 42.0 Å². The van der Waals surface area contributed by atoms with Crippen molar-refractivity contribution in [2.45, 2.75) is 42.6 Å². The maximum atomic E-state index is 13.5. The van der Waals surface area contributed by atoms with E-state index in [1.807, 2.05) is 25.5 Å². The van der Waals surface area contributed by atoms with Crippen molar-refractivity contribution in [1.82, 2.24) is 15.1 Å². The summed E-state index contributed by atoms with van der Waals surface area (Å²) in [6.45, 7) is 6.94. The molecule has 5 heteroatoms. The first-order chi connectivity index (χ1) is 9.33. The number of nitrogens with one attached hydrogen (secondary N) is 1. The third-order valence-electron chi connectivity index (χ3n) is 2.74. The molecule has 0 unspecified atom stereocenters. The highest BCUT2D eigenvalue weighted by Crippen LogP contribution is 2.30. The average Bonchev–Trinajstić information content (AvgIpc) is 2.74. The summed E-state index contributed by atoms with van der Waals surface area (Å²) >= 11 is 1.60. The maximum absolute atomic E-state index is 13.5. The van der Waals surface area contributed by atoms with Crippen molar-refractivity contribution in [3.63, 3.8) is 0 Å². The molecule has 0 atom stereocenters. The van der Waals surface area contributed by atoms with E-state index in [0.29, 0.717) is 6.54 Å². The SMILES string of the molecule is Cn1cc(Sc2ccc(F)cc2CNC(C)(C)C)cn1. The zero-order valence-electron chi connectivity index (χ0n) is 12.3. The molecular weight excluding hydrogens is 273 g/mol. The van der Waals surface area contributed by atoms with E-state index < -0.39 is 0 Å². The van der Waals surface area contributed by atoms with E-state index in [2.05, 4.69) is 31.2 Å². The standard InChI is InChI=1S/C15H20FN3S/c1-15(2,3)17-8-11-7-12(16)5-6-14(11)20-13-9-18-19(4)10-13/h5-7,9-10,17H,8H2,1-4H3. The van der Waals surface area contributed by atoms with E-state index in [1.54, 1.807) is 22.5 Å². The average molecular weight is 293 g/mol. The first-order valence-electron chi connectivity index (χ1n) is 6.53. The van der Waals surface area contributed by atoms with Gasteiger partial charge in [-0.1, -0.05) is 11.8 Å². The topological polar surface area (TPSA) is 29.9 Å². The molecule has 2 aromatic rings. The Hall–Kier alpha value is -1.33. The van der Waals surface area contributed by atoms with Gasteiger partial charge in [-0.2, -0.15) is 5.10 Å². The second-order valence-electron chi connectivity index (χ2n) is 5.81. The van der Waals surface area contributed by atoms with Crippen LogP contribution in [0.25, 0.3) is 0 Å². The molecule has 1 aromatic heterocycles. The van der Waals surface area contributed by atoms with Crippen LogP contribution in [0.15, 0.2) is 40.4 Å². The number of aromatic nitrogens is 2. The molecule has 0 spiro atoms. The summed E-state index contributed by atoms with van der Waals surface area (Å²) in [5, 5.41) is 7.55. The first-order valence-corrected chi connectivity index (χ1v) is 7.35. The fourth-order valence-electron chi connectivity index (χ4n) is 1.72. The molecule has 0 radical (unpaired) electrons. The van der Waals surface area contributed by atoms with Crippen LogP contribution in [0.3, 0.4) is 0 Å². The predicted molar refractivity (Wildman–Crippen MR) is 80.3 cm³/mol. The summed E-state index contributed by atoms with van der Waals surface area (Å²) in [6, 6.07) is 4.92. The molecule has 0 bridgehead atoms. The second kappa shape index (κ2) is 5.97. The van der Waals surface area contributed by atoms with Crippen molar-refractivity contribution in [3.8, 4) is 0 Å². The van der Waals surface area contributed by atoms with Gasteiger partial charge in [-0.05, 0) is 44.5 Å². The Morgan fingerprint density at radius 1 is 1.35 bits per heavy atom. The van der Waals surface area contributed by atoms with Gasteiger partial charge >= 0.3 is 0 Å². The molecule has 0 aliphatic heterocycles. The smallest absolute Gasteiger partial charge is 0.123 e. The van der Waals surface area contributed by atoms with Crippen LogP contribution in [-0.4, -0.2) is 15.3 Å². The van der Waals surface area contributed by atoms with Crippen LogP contribution in [0, 0.1) is 5.82 Å². The van der Waals surface area contributed by atoms with Crippen LogP contribution in [0.2, 0.25) is 0 Å². The largest absolute Gasteiger partial charge is 0.308 e. The lowest BCUT2D eigenvalue weighted by molar-refractivity contribution is 0.422. The number of aryl methyl sites for hydroxylation is 1. The monoisotopic (exact) mass is 293 g/mol. The van der Waals surface area contributed by atoms with Crippen molar-refractivity contribution in [2.75, 3.05) is 0 Å². The van der Waals surface area contributed by atoms with Crippen molar-refractivity contribution >= 4 is 11.8 Å². The van der Waals surface area contributed by atoms with Gasteiger partial charge in [0.25, 0.3) is 0 Å². The third-order valence-corrected chi connectivity index (χ3v) is 3.81. The number of benzene rings is 1. The highest BCUT2D eigenvalue weighted by Gasteiger charge is 2.12. The summed E-state index contributed by atoms with van der Waals surface area (Å²) in [6.07, 6.45) is 3.77. The number of hydrogen-bond donors (Lipinski definition) is 1. The quantitative estimate of drug-likeness (QED) is 0.934. The number of rotatable bonds is 4. The van der Waals surface area contributed by atoms with Crippen molar-refractivity contribution < 1.29 is 4.39 Å². The predicted octanol–water partition coefficient (Wildman–Crippen LogP) is 3.60. The van der Waals surface area contributed by atoms with E-state index in [4.69, 9.17) is 0 Å². The minimum Gasteiger partial charge on any atom is -0.308 e. The third kappa shape index (κ3) is 4.35. The van der Waals surface area contributed by atoms with Crippen LogP contribution >= 0.6 is 11.8 Å². The van der Waals surface area contributed by atoms with Crippen LogP contribution in [0.4, 0.5) is 4.39 Å². The molecule has 0 aliphatic carbocycles. The van der Waals surface area contributed by atoms with Gasteiger partial charge < -0.3 is 5.32 Å². The summed E-state index contributed by atoms with van der Waals surface area (Å²) < 4.78 is 15.2. The molecule has 0 saturated carbocycles. The molecule has 1 heterocycles. The van der Waals surface area contributed by atoms with Gasteiger partial charge in [-0.3, -0.25) is 4.68 Å². The van der Waals surface area contributed by atoms with Gasteiger partial charge in [0.1, 0.15) is 5.82 Å². The highest BCUT2D eigenvalue weighted by molar-refractivity contribution is 7.99. The Kier molecular flexibility index (Phi) is 4.50. The van der Waals surface area contributed by atoms with E-state index in [1.165, 1.54) is 6.07 Å². The lowest BCUT2D eigenvalue weighted by atomic mass is 10.1. The molecular formula is C15H20FN3S. The summed E-state index contributed by atoms with van der Waals surface area (Å²) in [5.74, 6) is -0.203. The van der Waals surface area contributed by atoms with Gasteiger partial charge in [0.2, 0.25) is 0 Å². The molecule has 108 valence electrons. The molecule has 0 amide bonds. The van der Waals surface area contributed by atoms with E-state index >= 15 is 0 Å². The van der Waals surface area contributed by atoms with Gasteiger partial charge in [0.05, 0.1) is 11.1 Å². The maximum Gasteiger partial charge on any atom is 0.123 e. The number of nitrogens with zero attached hydrogens (tertiary/aromatic N) is 2. The van der Waals surface area contributed by atoms with Crippen LogP contribution in [0.1, 0.15) is 26.3 Å². The minimum absolute atomic E-state index is 0.00254. The summed E-state index contributed by atoms with van der Waals surface area (Å²) in [5.41, 5.74) is 0.969. The molecule has 0 fully saturated rings. The molecule has 1 N–H and O–H groups in total. The van der Waals surface area contributed by atoms with Crippen LogP contribution in [-0.2, 0) is 13.6 Å². The molecule has 20 heavy (non-hydrogen) atoms. The lowest BCUT2D eigenvalue weighted by Gasteiger charge is -2.21. The fraction of sp³-hybridized carbons (Fsp3) is 0.400. The molecule has 3 nitrogen and oxygen atoms in total. The Morgan fingerprint density at radius 2 is 2.10 bits per heavy atom. The number of halogens is 1. The Balaban J connectivity index is 2.19. The highest BCUT2D eigenvalue weighted by atomic mass is 32.2. The van der Waals surface area contributed by atoms with Crippen molar-refractivity contribution in [1.29, 1.82) is 0 Å². The Morgan fingerprint density at radius 3 is 2.70 bits per heavy atom. The van der Waals surface area contributed by atoms with Crippen LogP contribution in [0.5, 0.6) is 0 Å². The zero-order valence-corrected chi connectivity index (χ0v) is 13.1. The van der Waals surface area contributed by atoms with Gasteiger partial charge in [-0.15, -0.1) is 0 Å². The van der Waals surface area contributed by atoms with Gasteiger partial charge in [-0.25, -0.2) is 4.39 Å². The van der Waals surface area contributed by atoms with Gasteiger partial charge in [0, 0.05) is 30.2 Å². The lowest BCUT2D eigenvalue weighted by Crippen LogP contribution is -2.35. The fourth-order valence-corrected chi connectivity index (χ4v) is 2.68.